The number of benzene rings is 1. The summed E-state index contributed by atoms with van der Waals surface area (Å²) in [4.78, 5) is 26.8. The van der Waals surface area contributed by atoms with E-state index >= 15 is 0 Å². The number of aliphatic carboxylic acids is 1. The Kier molecular flexibility index (Phi) is 24.1. The van der Waals surface area contributed by atoms with Crippen LogP contribution in [0, 0.1) is 50.2 Å². The molecule has 6 heterocycles. The summed E-state index contributed by atoms with van der Waals surface area (Å²) in [5, 5.41) is 178. The Balaban J connectivity index is 0.752. The van der Waals surface area contributed by atoms with Crippen molar-refractivity contribution < 1.29 is 158 Å². The number of aromatic hydroxyl groups is 1. The SMILES string of the molecule is COc1ccc(/C=C/C(=O)O[C@H]2[C@H](OC[C@H]3O[C@@H](O[C@@H]4[C@H](O)[C@@H](O[C@H]5[C@H](OC6CCC7(C)C(CCC8(C)C7CC=C7C9CC(C)(C)CCC9(C(=O)O)CCC78C)C6(C)C)OC[C@H](O[C@@H]6O[C@H](CO)[C@@H](O)[C@H](O)[C@H]6O)[C@@H]5O)O[C@H](C)[C@H]4O)[C@H](O)[C@@H]3O)O[C@H](CO[C@@H]3O[C@@H](C)[C@H](O)[C@@H](O)[C@H]3O)[C@@H](O)[C@@H]2O)cc1O. The summed E-state index contributed by atoms with van der Waals surface area (Å²) in [6.45, 7) is 16.2. The van der Waals surface area contributed by atoms with Crippen LogP contribution in [0.2, 0.25) is 0 Å². The zero-order valence-electron chi connectivity index (χ0n) is 61.5. The van der Waals surface area contributed by atoms with Crippen molar-refractivity contribution in [3.05, 3.63) is 41.5 Å². The van der Waals surface area contributed by atoms with Crippen molar-refractivity contribution in [3.63, 3.8) is 0 Å². The van der Waals surface area contributed by atoms with Gasteiger partial charge in [-0.25, -0.2) is 4.79 Å². The lowest BCUT2D eigenvalue weighted by atomic mass is 9.33. The van der Waals surface area contributed by atoms with E-state index in [1.54, 1.807) is 0 Å². The predicted molar refractivity (Wildman–Crippen MR) is 361 cm³/mol. The lowest BCUT2D eigenvalue weighted by Gasteiger charge is -2.71. The van der Waals surface area contributed by atoms with E-state index < -0.39 is 227 Å². The maximum atomic E-state index is 13.4. The third kappa shape index (κ3) is 14.8. The number of aliphatic hydroxyl groups is 14. The molecule has 0 spiro atoms. The minimum atomic E-state index is -2.03. The Morgan fingerprint density at radius 1 is 0.566 bits per heavy atom. The van der Waals surface area contributed by atoms with Gasteiger partial charge in [0.1, 0.15) is 116 Å². The van der Waals surface area contributed by atoms with Crippen molar-refractivity contribution in [3.8, 4) is 11.5 Å². The number of aliphatic hydroxyl groups excluding tert-OH is 14. The number of carbonyl (C=O) groups excluding carboxylic acids is 1. The molecule has 0 radical (unpaired) electrons. The van der Waals surface area contributed by atoms with Crippen molar-refractivity contribution in [2.45, 2.75) is 305 Å². The quantitative estimate of drug-likeness (QED) is 0.0338. The van der Waals surface area contributed by atoms with Crippen molar-refractivity contribution in [2.24, 2.45) is 50.2 Å². The molecule has 0 aromatic heterocycles. The van der Waals surface area contributed by atoms with Crippen LogP contribution in [0.4, 0.5) is 0 Å². The smallest absolute Gasteiger partial charge is 0.331 e. The number of ether oxygens (including phenoxy) is 14. The summed E-state index contributed by atoms with van der Waals surface area (Å²) in [5.41, 5.74) is -0.341. The standard InChI is InChI=1S/C74H112O32/c1-31-46(78)52(84)56(88)62(97-31)94-28-39-49(81)54(86)61(104-45(77)16-12-33-11-14-37(93-10)36(76)25-33)66(102-39)95-29-40-50(82)55(87)64(100-40)105-59-47(79)32(2)98-65(58(59)90)106-60-51(83)41(101-63-57(89)53(85)48(80)38(27-75)99-63)30-96-67(60)103-44-18-19-71(7)42(70(44,5)6)17-20-73(9)43(71)15-13-34-35-26-69(3,4)21-23-74(35,68(91)92)24-22-72(34,73)8/h11-14,16,25,31-32,35,38-44,46-67,75-76,78-90H,15,17-24,26-30H2,1-10H3,(H,91,92)/b16-12+/t31-,32+,35?,38+,39+,40+,41-,42?,43?,44?,46-,47+,48+,49+,50+,51-,52+,53-,54-,55+,56+,57+,58-,59-,60+,61+,62+,63-,64-,65+,66+,67-,71?,72?,73?,74?/m0/s1. The fourth-order valence-electron chi connectivity index (χ4n) is 20.0. The summed E-state index contributed by atoms with van der Waals surface area (Å²) < 4.78 is 84.0. The van der Waals surface area contributed by atoms with Gasteiger partial charge in [-0.05, 0) is 147 Å². The number of esters is 1. The molecular weight excluding hydrogens is 1400 g/mol. The molecule has 11 aliphatic rings. The van der Waals surface area contributed by atoms with Crippen LogP contribution in [-0.4, -0.2) is 305 Å². The van der Waals surface area contributed by atoms with Crippen molar-refractivity contribution in [1.82, 2.24) is 0 Å². The van der Waals surface area contributed by atoms with Gasteiger partial charge in [0.05, 0.1) is 57.3 Å². The number of allylic oxidation sites excluding steroid dienone is 2. The third-order valence-corrected chi connectivity index (χ3v) is 26.7. The first kappa shape index (κ1) is 81.7. The highest BCUT2D eigenvalue weighted by Gasteiger charge is 2.70. The molecule has 0 amide bonds. The van der Waals surface area contributed by atoms with Gasteiger partial charge in [-0.1, -0.05) is 66.2 Å². The molecule has 4 saturated carbocycles. The maximum absolute atomic E-state index is 13.4. The summed E-state index contributed by atoms with van der Waals surface area (Å²) in [5.74, 6) is -1.64. The highest BCUT2D eigenvalue weighted by atomic mass is 16.8. The molecule has 6 aliphatic heterocycles. The van der Waals surface area contributed by atoms with E-state index in [1.807, 2.05) is 0 Å². The lowest BCUT2D eigenvalue weighted by molar-refractivity contribution is -0.385. The Labute approximate surface area is 614 Å². The topological polar surface area (TPSA) is 487 Å². The van der Waals surface area contributed by atoms with E-state index in [0.717, 1.165) is 51.0 Å². The number of fused-ring (bicyclic) bond motifs is 7. The summed E-state index contributed by atoms with van der Waals surface area (Å²) in [6.07, 6.45) is -36.2. The number of hydrogen-bond donors (Lipinski definition) is 16. The predicted octanol–water partition coefficient (Wildman–Crippen LogP) is -0.509. The molecule has 12 rings (SSSR count). The zero-order valence-corrected chi connectivity index (χ0v) is 61.5. The molecule has 36 atom stereocenters. The number of methoxy groups -OCH3 is 1. The number of phenolic OH excluding ortho intramolecular Hbond substituents is 1. The zero-order chi connectivity index (χ0) is 77.0. The van der Waals surface area contributed by atoms with Crippen LogP contribution in [-0.2, 0) is 71.2 Å². The summed E-state index contributed by atoms with van der Waals surface area (Å²) >= 11 is 0. The van der Waals surface area contributed by atoms with Crippen LogP contribution in [0.5, 0.6) is 11.5 Å². The molecule has 32 nitrogen and oxygen atoms in total. The number of carboxylic acids is 1. The number of carboxylic acid groups (broad SMARTS) is 1. The van der Waals surface area contributed by atoms with Gasteiger partial charge in [-0.15, -0.1) is 0 Å². The van der Waals surface area contributed by atoms with Gasteiger partial charge in [0, 0.05) is 6.08 Å². The Morgan fingerprint density at radius 2 is 1.15 bits per heavy atom. The molecule has 106 heavy (non-hydrogen) atoms. The van der Waals surface area contributed by atoms with Crippen LogP contribution < -0.4 is 4.74 Å². The first-order valence-corrected chi connectivity index (χ1v) is 37.2. The lowest BCUT2D eigenvalue weighted by Crippen LogP contribution is -2.66. The van der Waals surface area contributed by atoms with Gasteiger partial charge >= 0.3 is 11.9 Å². The Bertz CT molecular complexity index is 3280. The van der Waals surface area contributed by atoms with E-state index in [4.69, 9.17) is 66.3 Å². The maximum Gasteiger partial charge on any atom is 0.331 e. The number of hydrogen-bond acceptors (Lipinski definition) is 31. The van der Waals surface area contributed by atoms with Gasteiger partial charge in [-0.2, -0.15) is 0 Å². The first-order chi connectivity index (χ1) is 49.8. The Morgan fingerprint density at radius 3 is 1.83 bits per heavy atom. The van der Waals surface area contributed by atoms with Crippen molar-refractivity contribution in [1.29, 1.82) is 0 Å². The van der Waals surface area contributed by atoms with Crippen LogP contribution in [0.1, 0.15) is 132 Å². The minimum absolute atomic E-state index is 0.00233. The monoisotopic (exact) mass is 1510 g/mol. The summed E-state index contributed by atoms with van der Waals surface area (Å²) in [7, 11) is 1.35. The fourth-order valence-corrected chi connectivity index (χ4v) is 20.0. The van der Waals surface area contributed by atoms with Crippen molar-refractivity contribution >= 4 is 18.0 Å². The number of carbonyl (C=O) groups is 2. The average molecular weight is 1510 g/mol. The average Bonchev–Trinajstić information content (AvgIpc) is 0.690. The normalized spacial score (nSPS) is 49.3. The first-order valence-electron chi connectivity index (χ1n) is 37.2. The highest BCUT2D eigenvalue weighted by Crippen LogP contribution is 2.76. The molecule has 16 N–H and O–H groups in total. The molecule has 10 fully saturated rings. The largest absolute Gasteiger partial charge is 0.504 e. The molecule has 6 saturated heterocycles. The number of rotatable bonds is 20. The molecule has 600 valence electrons. The van der Waals surface area contributed by atoms with Crippen LogP contribution >= 0.6 is 0 Å². The van der Waals surface area contributed by atoms with Crippen molar-refractivity contribution in [2.75, 3.05) is 33.5 Å². The fraction of sp³-hybridized carbons (Fsp3) is 0.838. The van der Waals surface area contributed by atoms with E-state index in [-0.39, 0.29) is 50.9 Å². The van der Waals surface area contributed by atoms with E-state index in [2.05, 4.69) is 54.5 Å². The van der Waals surface area contributed by atoms with E-state index in [1.165, 1.54) is 50.8 Å². The van der Waals surface area contributed by atoms with Crippen LogP contribution in [0.25, 0.3) is 6.08 Å². The van der Waals surface area contributed by atoms with Gasteiger partial charge in [0.25, 0.3) is 0 Å². The second-order valence-corrected chi connectivity index (χ2v) is 33.7. The van der Waals surface area contributed by atoms with Crippen LogP contribution in [0.15, 0.2) is 35.9 Å². The molecule has 1 aromatic carbocycles. The van der Waals surface area contributed by atoms with E-state index in [0.29, 0.717) is 24.8 Å². The highest BCUT2D eigenvalue weighted by molar-refractivity contribution is 5.87. The minimum Gasteiger partial charge on any atom is -0.504 e. The van der Waals surface area contributed by atoms with E-state index in [9.17, 15) is 91.3 Å². The molecule has 1 aromatic rings. The second-order valence-electron chi connectivity index (χ2n) is 33.7. The third-order valence-electron chi connectivity index (χ3n) is 26.7. The molecular formula is C74H112O32. The summed E-state index contributed by atoms with van der Waals surface area (Å²) in [6, 6.07) is 4.24. The molecule has 5 aliphatic carbocycles. The van der Waals surface area contributed by atoms with Gasteiger partial charge < -0.3 is 148 Å². The Hall–Kier alpha value is -3.80. The molecule has 0 bridgehead atoms. The molecule has 32 heteroatoms. The van der Waals surface area contributed by atoms with Gasteiger partial charge in [0.2, 0.25) is 0 Å². The van der Waals surface area contributed by atoms with Crippen LogP contribution in [0.3, 0.4) is 0 Å². The van der Waals surface area contributed by atoms with Gasteiger partial charge in [0.15, 0.2) is 55.3 Å². The molecule has 8 unspecified atom stereocenters. The second kappa shape index (κ2) is 31.3. The number of phenols is 1. The van der Waals surface area contributed by atoms with Gasteiger partial charge in [-0.3, -0.25) is 4.79 Å².